The summed E-state index contributed by atoms with van der Waals surface area (Å²) in [4.78, 5) is 12.0. The van der Waals surface area contributed by atoms with Crippen molar-refractivity contribution < 1.29 is 9.18 Å². The predicted molar refractivity (Wildman–Crippen MR) is 79.9 cm³/mol. The molecular weight excluding hydrogens is 309 g/mol. The van der Waals surface area contributed by atoms with E-state index in [0.717, 1.165) is 12.8 Å². The number of rotatable bonds is 7. The van der Waals surface area contributed by atoms with E-state index in [2.05, 4.69) is 35.1 Å². The Balaban J connectivity index is 2.42. The number of halogens is 2. The third-order valence-electron chi connectivity index (χ3n) is 3.36. The summed E-state index contributed by atoms with van der Waals surface area (Å²) < 4.78 is 13.4. The van der Waals surface area contributed by atoms with Crippen molar-refractivity contribution >= 4 is 21.8 Å². The largest absolute Gasteiger partial charge is 0.355 e. The van der Waals surface area contributed by atoms with E-state index in [4.69, 9.17) is 0 Å². The smallest absolute Gasteiger partial charge is 0.224 e. The molecule has 0 bridgehead atoms. The maximum absolute atomic E-state index is 13.4. The summed E-state index contributed by atoms with van der Waals surface area (Å²) in [6.45, 7) is 4.87. The Labute approximate surface area is 122 Å². The molecule has 0 aliphatic carbocycles. The van der Waals surface area contributed by atoms with Gasteiger partial charge in [0.1, 0.15) is 5.82 Å². The van der Waals surface area contributed by atoms with E-state index in [-0.39, 0.29) is 23.0 Å². The van der Waals surface area contributed by atoms with E-state index >= 15 is 0 Å². The van der Waals surface area contributed by atoms with Gasteiger partial charge in [-0.25, -0.2) is 4.39 Å². The molecule has 0 aliphatic rings. The first-order valence-electron chi connectivity index (χ1n) is 6.72. The van der Waals surface area contributed by atoms with Crippen LogP contribution in [0.15, 0.2) is 24.3 Å². The van der Waals surface area contributed by atoms with E-state index in [1.807, 2.05) is 0 Å². The van der Waals surface area contributed by atoms with Gasteiger partial charge in [-0.15, -0.1) is 0 Å². The minimum absolute atomic E-state index is 0.0926. The molecule has 0 fully saturated rings. The molecule has 4 heteroatoms. The van der Waals surface area contributed by atoms with Crippen molar-refractivity contribution in [3.63, 3.8) is 0 Å². The molecule has 1 atom stereocenters. The molecule has 1 aromatic rings. The van der Waals surface area contributed by atoms with Crippen LogP contribution in [0.2, 0.25) is 0 Å². The topological polar surface area (TPSA) is 29.1 Å². The summed E-state index contributed by atoms with van der Waals surface area (Å²) in [5, 5.41) is 2.85. The van der Waals surface area contributed by atoms with Crippen molar-refractivity contribution in [1.82, 2.24) is 5.32 Å². The summed E-state index contributed by atoms with van der Waals surface area (Å²) in [6, 6.07) is 6.38. The zero-order valence-corrected chi connectivity index (χ0v) is 13.0. The van der Waals surface area contributed by atoms with Gasteiger partial charge < -0.3 is 5.32 Å². The van der Waals surface area contributed by atoms with E-state index in [9.17, 15) is 9.18 Å². The predicted octanol–water partition coefficient (Wildman–Crippen LogP) is 3.68. The average molecular weight is 330 g/mol. The summed E-state index contributed by atoms with van der Waals surface area (Å²) in [6.07, 6.45) is 2.25. The molecule has 0 radical (unpaired) electrons. The van der Waals surface area contributed by atoms with Crippen LogP contribution in [0.4, 0.5) is 4.39 Å². The molecule has 1 aromatic carbocycles. The highest BCUT2D eigenvalue weighted by molar-refractivity contribution is 9.09. The number of hydrogen-bond acceptors (Lipinski definition) is 1. The number of alkyl halides is 1. The number of amides is 1. The zero-order valence-electron chi connectivity index (χ0n) is 11.5. The van der Waals surface area contributed by atoms with E-state index in [0.29, 0.717) is 18.0 Å². The summed E-state index contributed by atoms with van der Waals surface area (Å²) in [7, 11) is 0. The average Bonchev–Trinajstić information content (AvgIpc) is 2.40. The highest BCUT2D eigenvalue weighted by Gasteiger charge is 2.16. The molecule has 0 spiro atoms. The van der Waals surface area contributed by atoms with Crippen molar-refractivity contribution in [2.75, 3.05) is 6.54 Å². The highest BCUT2D eigenvalue weighted by Crippen LogP contribution is 2.19. The van der Waals surface area contributed by atoms with Crippen LogP contribution in [-0.2, 0) is 11.2 Å². The number of hydrogen-bond donors (Lipinski definition) is 1. The molecule has 2 nitrogen and oxygen atoms in total. The monoisotopic (exact) mass is 329 g/mol. The van der Waals surface area contributed by atoms with Gasteiger partial charge in [0.2, 0.25) is 5.91 Å². The molecule has 106 valence electrons. The van der Waals surface area contributed by atoms with Crippen LogP contribution in [0.3, 0.4) is 0 Å². The Bertz CT molecular complexity index is 407. The van der Waals surface area contributed by atoms with Crippen LogP contribution in [0.5, 0.6) is 0 Å². The van der Waals surface area contributed by atoms with Crippen molar-refractivity contribution in [3.8, 4) is 0 Å². The maximum Gasteiger partial charge on any atom is 0.224 e. The molecule has 19 heavy (non-hydrogen) atoms. The molecule has 0 saturated heterocycles. The number of benzene rings is 1. The standard InChI is InChI=1S/C15H21BrFNO/c1-3-11(4-2)13(16)10-18-15(19)9-12-7-5-6-8-14(12)17/h5-8,11,13H,3-4,9-10H2,1-2H3,(H,18,19). The van der Waals surface area contributed by atoms with Crippen LogP contribution in [0, 0.1) is 11.7 Å². The van der Waals surface area contributed by atoms with Crippen molar-refractivity contribution in [3.05, 3.63) is 35.6 Å². The minimum atomic E-state index is -0.326. The fourth-order valence-corrected chi connectivity index (χ4v) is 2.96. The molecule has 0 aromatic heterocycles. The Morgan fingerprint density at radius 2 is 1.95 bits per heavy atom. The lowest BCUT2D eigenvalue weighted by atomic mass is 9.99. The fraction of sp³-hybridized carbons (Fsp3) is 0.533. The van der Waals surface area contributed by atoms with Crippen LogP contribution in [0.1, 0.15) is 32.3 Å². The van der Waals surface area contributed by atoms with E-state index < -0.39 is 0 Å². The first kappa shape index (κ1) is 16.2. The Kier molecular flexibility index (Phi) is 7.06. The molecule has 1 rings (SSSR count). The lowest BCUT2D eigenvalue weighted by molar-refractivity contribution is -0.120. The van der Waals surface area contributed by atoms with Crippen LogP contribution < -0.4 is 5.32 Å². The maximum atomic E-state index is 13.4. The lowest BCUT2D eigenvalue weighted by Crippen LogP contribution is -2.34. The lowest BCUT2D eigenvalue weighted by Gasteiger charge is -2.19. The third-order valence-corrected chi connectivity index (χ3v) is 4.43. The van der Waals surface area contributed by atoms with Crippen LogP contribution in [-0.4, -0.2) is 17.3 Å². The van der Waals surface area contributed by atoms with E-state index in [1.54, 1.807) is 18.2 Å². The second-order valence-electron chi connectivity index (χ2n) is 4.66. The van der Waals surface area contributed by atoms with Gasteiger partial charge in [-0.05, 0) is 17.5 Å². The Hall–Kier alpha value is -0.900. The second kappa shape index (κ2) is 8.31. The minimum Gasteiger partial charge on any atom is -0.355 e. The molecule has 0 saturated carbocycles. The summed E-state index contributed by atoms with van der Waals surface area (Å²) in [5.41, 5.74) is 0.439. The van der Waals surface area contributed by atoms with Gasteiger partial charge in [0, 0.05) is 11.4 Å². The Morgan fingerprint density at radius 3 is 2.53 bits per heavy atom. The van der Waals surface area contributed by atoms with Gasteiger partial charge >= 0.3 is 0 Å². The quantitative estimate of drug-likeness (QED) is 0.759. The normalized spacial score (nSPS) is 12.5. The number of nitrogens with one attached hydrogen (secondary N) is 1. The Morgan fingerprint density at radius 1 is 1.32 bits per heavy atom. The van der Waals surface area contributed by atoms with Gasteiger partial charge in [0.05, 0.1) is 6.42 Å². The molecule has 1 amide bonds. The van der Waals surface area contributed by atoms with Crippen LogP contribution >= 0.6 is 15.9 Å². The second-order valence-corrected chi connectivity index (χ2v) is 5.84. The summed E-state index contributed by atoms with van der Waals surface area (Å²) >= 11 is 3.60. The van der Waals surface area contributed by atoms with Gasteiger partial charge in [0.25, 0.3) is 0 Å². The van der Waals surface area contributed by atoms with E-state index in [1.165, 1.54) is 6.07 Å². The number of carbonyl (C=O) groups excluding carboxylic acids is 1. The van der Waals surface area contributed by atoms with Gasteiger partial charge in [-0.2, -0.15) is 0 Å². The SMILES string of the molecule is CCC(CC)C(Br)CNC(=O)Cc1ccccc1F. The van der Waals surface area contributed by atoms with Crippen molar-refractivity contribution in [2.24, 2.45) is 5.92 Å². The molecule has 0 aliphatic heterocycles. The molecule has 0 heterocycles. The van der Waals surface area contributed by atoms with Gasteiger partial charge in [0.15, 0.2) is 0 Å². The third kappa shape index (κ3) is 5.31. The highest BCUT2D eigenvalue weighted by atomic mass is 79.9. The number of carbonyl (C=O) groups is 1. The van der Waals surface area contributed by atoms with Crippen LogP contribution in [0.25, 0.3) is 0 Å². The first-order valence-corrected chi connectivity index (χ1v) is 7.64. The molecular formula is C15H21BrFNO. The van der Waals surface area contributed by atoms with Crippen molar-refractivity contribution in [2.45, 2.75) is 37.9 Å². The first-order chi connectivity index (χ1) is 9.08. The molecule has 1 N–H and O–H groups in total. The zero-order chi connectivity index (χ0) is 14.3. The van der Waals surface area contributed by atoms with Gasteiger partial charge in [-0.3, -0.25) is 4.79 Å². The fourth-order valence-electron chi connectivity index (χ4n) is 2.06. The van der Waals surface area contributed by atoms with Crippen molar-refractivity contribution in [1.29, 1.82) is 0 Å². The summed E-state index contributed by atoms with van der Waals surface area (Å²) in [5.74, 6) is 0.0855. The van der Waals surface area contributed by atoms with Gasteiger partial charge in [-0.1, -0.05) is 60.8 Å². The molecule has 1 unspecified atom stereocenters.